The highest BCUT2D eigenvalue weighted by molar-refractivity contribution is 5.87. The zero-order chi connectivity index (χ0) is 18.5. The molecule has 0 spiro atoms. The molecule has 5 nitrogen and oxygen atoms in total. The van der Waals surface area contributed by atoms with E-state index >= 15 is 0 Å². The van der Waals surface area contributed by atoms with Crippen molar-refractivity contribution < 1.29 is 14.2 Å². The van der Waals surface area contributed by atoms with E-state index < -0.39 is 0 Å². The number of methoxy groups -OCH3 is 1. The molecule has 0 saturated heterocycles. The van der Waals surface area contributed by atoms with Gasteiger partial charge in [0.05, 0.1) is 18.0 Å². The molecule has 0 atom stereocenters. The van der Waals surface area contributed by atoms with Gasteiger partial charge in [-0.1, -0.05) is 48.5 Å². The normalized spacial score (nSPS) is 10.6. The second kappa shape index (κ2) is 7.74. The van der Waals surface area contributed by atoms with Gasteiger partial charge in [-0.05, 0) is 23.8 Å². The lowest BCUT2D eigenvalue weighted by Gasteiger charge is -2.13. The lowest BCUT2D eigenvalue weighted by Crippen LogP contribution is -1.99. The van der Waals surface area contributed by atoms with Gasteiger partial charge in [-0.25, -0.2) is 9.97 Å². The molecule has 3 aromatic carbocycles. The Balaban J connectivity index is 1.66. The third-order valence-corrected chi connectivity index (χ3v) is 4.08. The van der Waals surface area contributed by atoms with Gasteiger partial charge in [-0.3, -0.25) is 0 Å². The third-order valence-electron chi connectivity index (χ3n) is 4.08. The van der Waals surface area contributed by atoms with Crippen LogP contribution in [0.3, 0.4) is 0 Å². The molecule has 0 unspecified atom stereocenters. The molecular weight excluding hydrogens is 340 g/mol. The molecule has 1 heterocycles. The molecule has 0 saturated carbocycles. The summed E-state index contributed by atoms with van der Waals surface area (Å²) in [7, 11) is 1.61. The number of nitrogens with zero attached hydrogens (tertiary/aromatic N) is 2. The van der Waals surface area contributed by atoms with Gasteiger partial charge < -0.3 is 14.2 Å². The molecule has 134 valence electrons. The second-order valence-corrected chi connectivity index (χ2v) is 5.89. The summed E-state index contributed by atoms with van der Waals surface area (Å²) in [6, 6.07) is 23.2. The van der Waals surface area contributed by atoms with Gasteiger partial charge in [-0.2, -0.15) is 0 Å². The largest absolute Gasteiger partial charge is 0.493 e. The number of benzene rings is 3. The fourth-order valence-electron chi connectivity index (χ4n) is 2.73. The predicted octanol–water partition coefficient (Wildman–Crippen LogP) is 5.01. The van der Waals surface area contributed by atoms with E-state index in [4.69, 9.17) is 14.2 Å². The Bertz CT molecular complexity index is 1040. The average Bonchev–Trinajstić information content (AvgIpc) is 2.73. The van der Waals surface area contributed by atoms with Crippen LogP contribution in [0.1, 0.15) is 5.56 Å². The third kappa shape index (κ3) is 3.82. The number of fused-ring (bicyclic) bond motifs is 1. The summed E-state index contributed by atoms with van der Waals surface area (Å²) in [4.78, 5) is 8.62. The summed E-state index contributed by atoms with van der Waals surface area (Å²) >= 11 is 0. The number of aromatic nitrogens is 2. The van der Waals surface area contributed by atoms with Crippen molar-refractivity contribution in [2.24, 2.45) is 0 Å². The monoisotopic (exact) mass is 358 g/mol. The fraction of sp³-hybridized carbons (Fsp3) is 0.0909. The molecule has 0 amide bonds. The molecule has 4 rings (SSSR count). The van der Waals surface area contributed by atoms with Crippen LogP contribution < -0.4 is 14.2 Å². The van der Waals surface area contributed by atoms with Crippen molar-refractivity contribution in [2.45, 2.75) is 6.61 Å². The van der Waals surface area contributed by atoms with Gasteiger partial charge in [0.2, 0.25) is 5.88 Å². The van der Waals surface area contributed by atoms with Crippen LogP contribution in [0.15, 0.2) is 79.1 Å². The van der Waals surface area contributed by atoms with Crippen molar-refractivity contribution in [1.29, 1.82) is 0 Å². The maximum Gasteiger partial charge on any atom is 0.230 e. The smallest absolute Gasteiger partial charge is 0.230 e. The molecule has 0 bridgehead atoms. The van der Waals surface area contributed by atoms with E-state index in [1.54, 1.807) is 7.11 Å². The van der Waals surface area contributed by atoms with Gasteiger partial charge in [-0.15, -0.1) is 0 Å². The Morgan fingerprint density at radius 2 is 1.56 bits per heavy atom. The first-order chi connectivity index (χ1) is 13.3. The molecule has 0 aliphatic rings. The maximum absolute atomic E-state index is 5.95. The van der Waals surface area contributed by atoms with Crippen molar-refractivity contribution in [2.75, 3.05) is 7.11 Å². The summed E-state index contributed by atoms with van der Waals surface area (Å²) in [6.07, 6.45) is 1.48. The van der Waals surface area contributed by atoms with E-state index in [0.29, 0.717) is 29.7 Å². The lowest BCUT2D eigenvalue weighted by molar-refractivity contribution is 0.285. The Morgan fingerprint density at radius 1 is 0.815 bits per heavy atom. The number of ether oxygens (including phenoxy) is 3. The number of hydrogen-bond acceptors (Lipinski definition) is 5. The molecule has 27 heavy (non-hydrogen) atoms. The minimum Gasteiger partial charge on any atom is -0.493 e. The zero-order valence-electron chi connectivity index (χ0n) is 14.8. The minimum atomic E-state index is 0.446. The van der Waals surface area contributed by atoms with Crippen molar-refractivity contribution >= 4 is 10.9 Å². The van der Waals surface area contributed by atoms with Crippen molar-refractivity contribution in [1.82, 2.24) is 9.97 Å². The van der Waals surface area contributed by atoms with E-state index in [2.05, 4.69) is 9.97 Å². The van der Waals surface area contributed by atoms with E-state index in [1.165, 1.54) is 6.33 Å². The van der Waals surface area contributed by atoms with E-state index in [9.17, 15) is 0 Å². The standard InChI is InChI=1S/C22H18N2O3/c1-25-20-12-18-19(13-21(20)26-14-16-8-4-2-5-9-16)23-15-24-22(18)27-17-10-6-3-7-11-17/h2-13,15H,14H2,1H3. The topological polar surface area (TPSA) is 53.5 Å². The zero-order valence-corrected chi connectivity index (χ0v) is 14.8. The summed E-state index contributed by atoms with van der Waals surface area (Å²) in [6.45, 7) is 0.446. The first-order valence-electron chi connectivity index (χ1n) is 8.56. The van der Waals surface area contributed by atoms with Crippen LogP contribution in [0.5, 0.6) is 23.1 Å². The van der Waals surface area contributed by atoms with Crippen LogP contribution in [0, 0.1) is 0 Å². The lowest BCUT2D eigenvalue weighted by atomic mass is 10.2. The molecule has 0 radical (unpaired) electrons. The molecule has 0 N–H and O–H groups in total. The molecule has 5 heteroatoms. The summed E-state index contributed by atoms with van der Waals surface area (Å²) in [5.41, 5.74) is 1.80. The number of hydrogen-bond donors (Lipinski definition) is 0. The molecule has 0 aliphatic heterocycles. The molecule has 0 fully saturated rings. The minimum absolute atomic E-state index is 0.446. The second-order valence-electron chi connectivity index (χ2n) is 5.89. The Kier molecular flexibility index (Phi) is 4.83. The van der Waals surface area contributed by atoms with Crippen molar-refractivity contribution in [3.63, 3.8) is 0 Å². The van der Waals surface area contributed by atoms with Crippen molar-refractivity contribution in [3.05, 3.63) is 84.7 Å². The summed E-state index contributed by atoms with van der Waals surface area (Å²) in [5, 5.41) is 0.755. The van der Waals surface area contributed by atoms with Gasteiger partial charge in [0.25, 0.3) is 0 Å². The Labute approximate surface area is 157 Å². The molecule has 1 aromatic heterocycles. The molecule has 4 aromatic rings. The Hall–Kier alpha value is -3.60. The molecule has 0 aliphatic carbocycles. The average molecular weight is 358 g/mol. The van der Waals surface area contributed by atoms with Crippen LogP contribution >= 0.6 is 0 Å². The van der Waals surface area contributed by atoms with E-state index in [0.717, 1.165) is 16.5 Å². The van der Waals surface area contributed by atoms with Crippen LogP contribution in [0.25, 0.3) is 10.9 Å². The SMILES string of the molecule is COc1cc2c(Oc3ccccc3)ncnc2cc1OCc1ccccc1. The van der Waals surface area contributed by atoms with Crippen LogP contribution in [-0.2, 0) is 6.61 Å². The first-order valence-corrected chi connectivity index (χ1v) is 8.56. The number of para-hydroxylation sites is 1. The predicted molar refractivity (Wildman–Crippen MR) is 103 cm³/mol. The maximum atomic E-state index is 5.95. The van der Waals surface area contributed by atoms with E-state index in [1.807, 2.05) is 72.8 Å². The van der Waals surface area contributed by atoms with Gasteiger partial charge in [0, 0.05) is 6.07 Å². The summed E-state index contributed by atoms with van der Waals surface area (Å²) < 4.78 is 17.4. The van der Waals surface area contributed by atoms with E-state index in [-0.39, 0.29) is 0 Å². The summed E-state index contributed by atoms with van der Waals surface area (Å²) in [5.74, 6) is 2.41. The Morgan fingerprint density at radius 3 is 2.30 bits per heavy atom. The highest BCUT2D eigenvalue weighted by Gasteiger charge is 2.13. The van der Waals surface area contributed by atoms with Crippen LogP contribution in [-0.4, -0.2) is 17.1 Å². The van der Waals surface area contributed by atoms with Gasteiger partial charge >= 0.3 is 0 Å². The quantitative estimate of drug-likeness (QED) is 0.485. The van der Waals surface area contributed by atoms with Gasteiger partial charge in [0.1, 0.15) is 18.7 Å². The van der Waals surface area contributed by atoms with Crippen LogP contribution in [0.2, 0.25) is 0 Å². The highest BCUT2D eigenvalue weighted by atomic mass is 16.5. The highest BCUT2D eigenvalue weighted by Crippen LogP contribution is 2.36. The van der Waals surface area contributed by atoms with Crippen molar-refractivity contribution in [3.8, 4) is 23.1 Å². The number of rotatable bonds is 6. The first kappa shape index (κ1) is 16.8. The van der Waals surface area contributed by atoms with Crippen LogP contribution in [0.4, 0.5) is 0 Å². The van der Waals surface area contributed by atoms with Gasteiger partial charge in [0.15, 0.2) is 11.5 Å². The fourth-order valence-corrected chi connectivity index (χ4v) is 2.73. The molecular formula is C22H18N2O3.